The van der Waals surface area contributed by atoms with Crippen LogP contribution in [0.3, 0.4) is 0 Å². The number of rotatable bonds is 10. The molecule has 0 aliphatic heterocycles. The molecule has 10 nitrogen and oxygen atoms in total. The van der Waals surface area contributed by atoms with Crippen molar-refractivity contribution in [3.8, 4) is 5.75 Å². The van der Waals surface area contributed by atoms with E-state index in [1.165, 1.54) is 18.2 Å². The summed E-state index contributed by atoms with van der Waals surface area (Å²) >= 11 is 6.29. The number of aryl methyl sites for hydroxylation is 1. The van der Waals surface area contributed by atoms with Gasteiger partial charge in [-0.25, -0.2) is 8.42 Å². The Bertz CT molecular complexity index is 1440. The van der Waals surface area contributed by atoms with Gasteiger partial charge in [-0.2, -0.15) is 9.82 Å². The van der Waals surface area contributed by atoms with Crippen LogP contribution in [0.2, 0.25) is 5.02 Å². The summed E-state index contributed by atoms with van der Waals surface area (Å²) in [6.07, 6.45) is 0.320. The Morgan fingerprint density at radius 2 is 1.68 bits per heavy atom. The predicted molar refractivity (Wildman–Crippen MR) is 148 cm³/mol. The Morgan fingerprint density at radius 1 is 1.03 bits per heavy atom. The Hall–Kier alpha value is -3.93. The minimum absolute atomic E-state index is 0.00279. The summed E-state index contributed by atoms with van der Waals surface area (Å²) in [5, 5.41) is 19.1. The van der Waals surface area contributed by atoms with Crippen molar-refractivity contribution < 1.29 is 23.1 Å². The first-order chi connectivity index (χ1) is 18.0. The zero-order valence-electron chi connectivity index (χ0n) is 20.7. The molecule has 0 aromatic heterocycles. The van der Waals surface area contributed by atoms with E-state index in [1.54, 1.807) is 25.1 Å². The minimum Gasteiger partial charge on any atom is -0.506 e. The van der Waals surface area contributed by atoms with Gasteiger partial charge in [-0.15, -0.1) is 0 Å². The molecule has 3 rings (SSSR count). The highest BCUT2D eigenvalue weighted by Gasteiger charge is 2.25. The van der Waals surface area contributed by atoms with E-state index in [9.17, 15) is 23.1 Å². The summed E-state index contributed by atoms with van der Waals surface area (Å²) in [6, 6.07) is 16.4. The van der Waals surface area contributed by atoms with E-state index < -0.39 is 27.9 Å². The largest absolute Gasteiger partial charge is 0.506 e. The Labute approximate surface area is 226 Å². The number of phenols is 1. The van der Waals surface area contributed by atoms with E-state index >= 15 is 0 Å². The highest BCUT2D eigenvalue weighted by Crippen LogP contribution is 2.34. The van der Waals surface area contributed by atoms with Crippen LogP contribution in [-0.2, 0) is 26.0 Å². The van der Waals surface area contributed by atoms with E-state index in [-0.39, 0.29) is 45.6 Å². The molecule has 0 spiro atoms. The molecule has 3 aromatic rings. The number of hydrazone groups is 1. The SMILES string of the molecule is CCC(NS(=O)(=O)c1ccccc1)C(=O)Nc1cc(O)c(NC(=O)C(Cc2ccc(C)cc2)=NN)cc1Cl. The predicted octanol–water partition coefficient (Wildman–Crippen LogP) is 3.55. The van der Waals surface area contributed by atoms with Crippen LogP contribution in [-0.4, -0.2) is 37.1 Å². The molecule has 6 N–H and O–H groups in total. The number of phenolic OH excluding ortho intramolecular Hbond substituents is 1. The van der Waals surface area contributed by atoms with Gasteiger partial charge in [-0.1, -0.05) is 66.6 Å². The number of hydrogen-bond acceptors (Lipinski definition) is 7. The van der Waals surface area contributed by atoms with E-state index in [1.807, 2.05) is 31.2 Å². The van der Waals surface area contributed by atoms with Gasteiger partial charge in [0.15, 0.2) is 0 Å². The lowest BCUT2D eigenvalue weighted by molar-refractivity contribution is -0.117. The molecule has 0 fully saturated rings. The molecule has 0 saturated carbocycles. The van der Waals surface area contributed by atoms with Gasteiger partial charge in [-0.05, 0) is 37.1 Å². The van der Waals surface area contributed by atoms with Crippen molar-refractivity contribution in [1.82, 2.24) is 4.72 Å². The van der Waals surface area contributed by atoms with E-state index in [0.717, 1.165) is 17.2 Å². The van der Waals surface area contributed by atoms with Crippen LogP contribution in [0.5, 0.6) is 5.75 Å². The van der Waals surface area contributed by atoms with Gasteiger partial charge in [-0.3, -0.25) is 9.59 Å². The number of anilines is 2. The molecule has 0 aliphatic carbocycles. The van der Waals surface area contributed by atoms with Gasteiger partial charge >= 0.3 is 0 Å². The topological polar surface area (TPSA) is 163 Å². The second-order valence-corrected chi connectivity index (χ2v) is 10.5. The highest BCUT2D eigenvalue weighted by molar-refractivity contribution is 7.89. The number of carbonyl (C=O) groups is 2. The lowest BCUT2D eigenvalue weighted by Gasteiger charge is -2.18. The molecule has 3 aromatic carbocycles. The smallest absolute Gasteiger partial charge is 0.272 e. The first-order valence-electron chi connectivity index (χ1n) is 11.6. The molecule has 0 saturated heterocycles. The zero-order chi connectivity index (χ0) is 27.9. The summed E-state index contributed by atoms with van der Waals surface area (Å²) in [6.45, 7) is 3.58. The van der Waals surface area contributed by atoms with E-state index in [4.69, 9.17) is 17.4 Å². The molecule has 0 aliphatic rings. The monoisotopic (exact) mass is 557 g/mol. The molecule has 0 bridgehead atoms. The third-order valence-electron chi connectivity index (χ3n) is 5.58. The third-order valence-corrected chi connectivity index (χ3v) is 7.38. The average molecular weight is 558 g/mol. The number of benzene rings is 3. The molecule has 12 heteroatoms. The fourth-order valence-corrected chi connectivity index (χ4v) is 4.94. The van der Waals surface area contributed by atoms with Crippen molar-refractivity contribution in [2.75, 3.05) is 10.6 Å². The van der Waals surface area contributed by atoms with Gasteiger partial charge in [0.05, 0.1) is 21.3 Å². The lowest BCUT2D eigenvalue weighted by Crippen LogP contribution is -2.43. The van der Waals surface area contributed by atoms with Crippen molar-refractivity contribution in [2.24, 2.45) is 10.9 Å². The highest BCUT2D eigenvalue weighted by atomic mass is 35.5. The minimum atomic E-state index is -3.95. The van der Waals surface area contributed by atoms with Gasteiger partial charge in [0.1, 0.15) is 17.5 Å². The fourth-order valence-electron chi connectivity index (χ4n) is 3.43. The molecule has 1 unspecified atom stereocenters. The lowest BCUT2D eigenvalue weighted by atomic mass is 10.1. The van der Waals surface area contributed by atoms with Crippen LogP contribution >= 0.6 is 11.6 Å². The van der Waals surface area contributed by atoms with Crippen LogP contribution in [0.15, 0.2) is 76.7 Å². The first-order valence-corrected chi connectivity index (χ1v) is 13.4. The molecule has 200 valence electrons. The van der Waals surface area contributed by atoms with Crippen molar-refractivity contribution in [3.63, 3.8) is 0 Å². The normalized spacial score (nSPS) is 12.6. The van der Waals surface area contributed by atoms with Crippen molar-refractivity contribution in [3.05, 3.63) is 82.9 Å². The van der Waals surface area contributed by atoms with Crippen LogP contribution in [0.1, 0.15) is 24.5 Å². The number of carbonyl (C=O) groups excluding carboxylic acids is 2. The van der Waals surface area contributed by atoms with Crippen LogP contribution in [0.25, 0.3) is 0 Å². The molecule has 38 heavy (non-hydrogen) atoms. The molecular weight excluding hydrogens is 530 g/mol. The number of sulfonamides is 1. The second kappa shape index (κ2) is 12.5. The Balaban J connectivity index is 1.70. The summed E-state index contributed by atoms with van der Waals surface area (Å²) in [5.41, 5.74) is 1.91. The van der Waals surface area contributed by atoms with Crippen LogP contribution in [0, 0.1) is 6.92 Å². The van der Waals surface area contributed by atoms with Crippen molar-refractivity contribution >= 4 is 50.5 Å². The number of aromatic hydroxyl groups is 1. The van der Waals surface area contributed by atoms with E-state index in [0.29, 0.717) is 0 Å². The Morgan fingerprint density at radius 3 is 2.29 bits per heavy atom. The maximum Gasteiger partial charge on any atom is 0.272 e. The molecule has 0 heterocycles. The van der Waals surface area contributed by atoms with Gasteiger partial charge in [0.25, 0.3) is 5.91 Å². The van der Waals surface area contributed by atoms with E-state index in [2.05, 4.69) is 20.5 Å². The average Bonchev–Trinajstić information content (AvgIpc) is 2.90. The number of nitrogens with two attached hydrogens (primary N) is 1. The molecule has 1 atom stereocenters. The number of halogens is 1. The van der Waals surface area contributed by atoms with Crippen LogP contribution in [0.4, 0.5) is 11.4 Å². The fraction of sp³-hybridized carbons (Fsp3) is 0.192. The van der Waals surface area contributed by atoms with Crippen molar-refractivity contribution in [2.45, 2.75) is 37.6 Å². The van der Waals surface area contributed by atoms with Crippen molar-refractivity contribution in [1.29, 1.82) is 0 Å². The number of nitrogens with zero attached hydrogens (tertiary/aromatic N) is 1. The molecule has 0 radical (unpaired) electrons. The quantitative estimate of drug-likeness (QED) is 0.111. The maximum absolute atomic E-state index is 12.8. The molecular formula is C26H28ClN5O5S. The summed E-state index contributed by atoms with van der Waals surface area (Å²) < 4.78 is 27.6. The third kappa shape index (κ3) is 7.31. The number of amides is 2. The van der Waals surface area contributed by atoms with Gasteiger partial charge in [0, 0.05) is 12.5 Å². The van der Waals surface area contributed by atoms with Crippen LogP contribution < -0.4 is 21.2 Å². The zero-order valence-corrected chi connectivity index (χ0v) is 22.3. The van der Waals surface area contributed by atoms with Gasteiger partial charge in [0.2, 0.25) is 15.9 Å². The standard InChI is InChI=1S/C26H28ClN5O5S/c1-3-20(32-38(36,37)18-7-5-4-6-8-18)25(34)29-21-15-24(33)22(14-19(21)27)30-26(35)23(31-28)13-17-11-9-16(2)10-12-17/h4-12,14-15,20,32-33H,3,13,28H2,1-2H3,(H,29,34)(H,30,35). The summed E-state index contributed by atoms with van der Waals surface area (Å²) in [5.74, 6) is 3.71. The maximum atomic E-state index is 12.8. The Kier molecular flexibility index (Phi) is 9.45. The number of nitrogens with one attached hydrogen (secondary N) is 3. The first kappa shape index (κ1) is 28.6. The number of hydrogen-bond donors (Lipinski definition) is 5. The second-order valence-electron chi connectivity index (χ2n) is 8.43. The summed E-state index contributed by atoms with van der Waals surface area (Å²) in [4.78, 5) is 25.6. The molecule has 2 amide bonds. The summed E-state index contributed by atoms with van der Waals surface area (Å²) in [7, 11) is -3.95. The van der Waals surface area contributed by atoms with Gasteiger partial charge < -0.3 is 21.6 Å².